The molecule has 0 saturated heterocycles. The molecule has 0 radical (unpaired) electrons. The number of halogens is 1. The maximum atomic E-state index is 12.0. The number of carbonyl (C=O) groups excluding carboxylic acids is 3. The zero-order valence-electron chi connectivity index (χ0n) is 18.9. The normalized spacial score (nSPS) is 11.0. The number of carbonyl (C=O) groups is 3. The van der Waals surface area contributed by atoms with E-state index in [0.717, 1.165) is 32.1 Å². The molecule has 1 aromatic rings. The first kappa shape index (κ1) is 35.5. The molecule has 1 aromatic carbocycles. The molecule has 0 aliphatic carbocycles. The van der Waals surface area contributed by atoms with Crippen molar-refractivity contribution in [2.75, 3.05) is 6.54 Å². The second-order valence-corrected chi connectivity index (χ2v) is 8.54. The molecule has 0 heterocycles. The zero-order valence-corrected chi connectivity index (χ0v) is 19.7. The Kier molecular flexibility index (Phi) is 20.8. The number of hydrogen-bond donors (Lipinski definition) is 3. The van der Waals surface area contributed by atoms with Gasteiger partial charge in [-0.3, -0.25) is 9.59 Å². The van der Waals surface area contributed by atoms with Gasteiger partial charge in [0.2, 0.25) is 5.24 Å². The van der Waals surface area contributed by atoms with Gasteiger partial charge < -0.3 is 20.3 Å². The van der Waals surface area contributed by atoms with Crippen molar-refractivity contribution in [1.29, 1.82) is 0 Å². The van der Waals surface area contributed by atoms with Gasteiger partial charge in [0.05, 0.1) is 0 Å². The molecule has 0 aromatic heterocycles. The number of benzene rings is 1. The van der Waals surface area contributed by atoms with Crippen LogP contribution >= 0.6 is 11.6 Å². The lowest BCUT2D eigenvalue weighted by Gasteiger charge is -2.19. The minimum atomic E-state index is -1.13. The number of hydrogen-bond acceptors (Lipinski definition) is 6. The first-order valence-electron chi connectivity index (χ1n) is 10.6. The maximum Gasteiger partial charge on any atom is 0.407 e. The van der Waals surface area contributed by atoms with Crippen molar-refractivity contribution in [3.05, 3.63) is 29.8 Å². The van der Waals surface area contributed by atoms with Gasteiger partial charge in [0.1, 0.15) is 17.5 Å². The highest BCUT2D eigenvalue weighted by atomic mass is 35.5. The van der Waals surface area contributed by atoms with E-state index in [2.05, 4.69) is 5.32 Å². The van der Waals surface area contributed by atoms with Crippen molar-refractivity contribution in [3.8, 4) is 5.75 Å². The smallest absolute Gasteiger partial charge is 0.407 e. The Morgan fingerprint density at radius 1 is 1.00 bits per heavy atom. The van der Waals surface area contributed by atoms with Crippen molar-refractivity contribution < 1.29 is 29.3 Å². The minimum Gasteiger partial charge on any atom is -0.508 e. The molecule has 0 bridgehead atoms. The third-order valence-corrected chi connectivity index (χ3v) is 4.33. The Balaban J connectivity index is -0.00000116. The molecule has 192 valence electrons. The lowest BCUT2D eigenvalue weighted by molar-refractivity contribution is -0.127. The number of phenolic OH excluding ortho intramolecular Hbond substituents is 1. The third kappa shape index (κ3) is 20.2. The molecule has 1 amide bonds. The van der Waals surface area contributed by atoms with Gasteiger partial charge in [-0.05, 0) is 62.9 Å². The number of amides is 1. The van der Waals surface area contributed by atoms with Crippen LogP contribution in [0.15, 0.2) is 24.3 Å². The number of rotatable bonds is 11. The van der Waals surface area contributed by atoms with E-state index in [1.165, 1.54) is 12.1 Å². The molecule has 1 unspecified atom stereocenters. The number of nitrogens with one attached hydrogen (secondary N) is 1. The fourth-order valence-electron chi connectivity index (χ4n) is 2.44. The van der Waals surface area contributed by atoms with Gasteiger partial charge in [-0.1, -0.05) is 53.2 Å². The monoisotopic (exact) mass is 489 g/mol. The number of aliphatic hydroxyl groups is 1. The Labute approximate surface area is 204 Å². The molecule has 0 spiro atoms. The van der Waals surface area contributed by atoms with Crippen LogP contribution in [0.2, 0.25) is 0 Å². The van der Waals surface area contributed by atoms with Crippen LogP contribution in [0.5, 0.6) is 5.75 Å². The molecule has 3 N–H and O–H groups in total. The first-order chi connectivity index (χ1) is 14.5. The lowest BCUT2D eigenvalue weighted by atomic mass is 10.0. The standard InChI is InChI=1S/C20H31NO5.C3H5ClO.2CH4/c1-20(2,3)26-19(25)21-14-8-6-4-5-7-9-17(23)18(24)15-10-12-16(22)13-11-15;1-2-3(4)5;;/h10-13,18,22,24H,4-9,14H2,1-3H3,(H,21,25);2H2,1H3;2*1H4. The summed E-state index contributed by atoms with van der Waals surface area (Å²) in [5.74, 6) is -0.100. The maximum absolute atomic E-state index is 12.0. The molecule has 8 heteroatoms. The lowest BCUT2D eigenvalue weighted by Crippen LogP contribution is -2.32. The summed E-state index contributed by atoms with van der Waals surface area (Å²) in [5.41, 5.74) is 0.0161. The predicted molar refractivity (Wildman–Crippen MR) is 135 cm³/mol. The molecule has 0 fully saturated rings. The van der Waals surface area contributed by atoms with Crippen molar-refractivity contribution in [3.63, 3.8) is 0 Å². The Morgan fingerprint density at radius 3 is 1.97 bits per heavy atom. The number of alkyl carbamates (subject to hydrolysis) is 1. The van der Waals surface area contributed by atoms with Gasteiger partial charge in [0.25, 0.3) is 0 Å². The third-order valence-electron chi connectivity index (χ3n) is 4.06. The highest BCUT2D eigenvalue weighted by Crippen LogP contribution is 2.19. The van der Waals surface area contributed by atoms with Gasteiger partial charge in [0.15, 0.2) is 5.78 Å². The summed E-state index contributed by atoms with van der Waals surface area (Å²) in [7, 11) is 0. The summed E-state index contributed by atoms with van der Waals surface area (Å²) in [4.78, 5) is 33.0. The van der Waals surface area contributed by atoms with E-state index in [4.69, 9.17) is 16.3 Å². The van der Waals surface area contributed by atoms with Crippen molar-refractivity contribution in [1.82, 2.24) is 5.32 Å². The molecular weight excluding hydrogens is 446 g/mol. The highest BCUT2D eigenvalue weighted by Gasteiger charge is 2.17. The molecule has 7 nitrogen and oxygen atoms in total. The Bertz CT molecular complexity index is 670. The average molecular weight is 490 g/mol. The van der Waals surface area contributed by atoms with E-state index in [-0.39, 0.29) is 31.6 Å². The topological polar surface area (TPSA) is 113 Å². The van der Waals surface area contributed by atoms with Gasteiger partial charge in [-0.25, -0.2) is 4.79 Å². The summed E-state index contributed by atoms with van der Waals surface area (Å²) in [6.07, 6.45) is 3.67. The van der Waals surface area contributed by atoms with E-state index in [9.17, 15) is 24.6 Å². The summed E-state index contributed by atoms with van der Waals surface area (Å²) < 4.78 is 5.15. The molecule has 0 saturated carbocycles. The van der Waals surface area contributed by atoms with Crippen LogP contribution in [0.3, 0.4) is 0 Å². The van der Waals surface area contributed by atoms with E-state index in [1.54, 1.807) is 19.1 Å². The Morgan fingerprint density at radius 2 is 1.48 bits per heavy atom. The van der Waals surface area contributed by atoms with E-state index >= 15 is 0 Å². The number of unbranched alkanes of at least 4 members (excludes halogenated alkanes) is 4. The van der Waals surface area contributed by atoms with Crippen LogP contribution in [-0.4, -0.2) is 39.5 Å². The Hall–Kier alpha value is -2.12. The molecule has 1 rings (SSSR count). The second-order valence-electron chi connectivity index (χ2n) is 8.12. The van der Waals surface area contributed by atoms with Crippen LogP contribution < -0.4 is 5.32 Å². The number of aliphatic hydroxyl groups excluding tert-OH is 1. The second kappa shape index (κ2) is 19.4. The number of ether oxygens (including phenoxy) is 1. The van der Waals surface area contributed by atoms with Crippen molar-refractivity contribution in [2.24, 2.45) is 0 Å². The summed E-state index contributed by atoms with van der Waals surface area (Å²) in [6, 6.07) is 6.01. The van der Waals surface area contributed by atoms with Crippen LogP contribution in [0.4, 0.5) is 4.79 Å². The van der Waals surface area contributed by atoms with Crippen LogP contribution in [0, 0.1) is 0 Å². The van der Waals surface area contributed by atoms with Crippen molar-refractivity contribution >= 4 is 28.7 Å². The largest absolute Gasteiger partial charge is 0.508 e. The predicted octanol–water partition coefficient (Wildman–Crippen LogP) is 6.29. The van der Waals surface area contributed by atoms with Gasteiger partial charge in [-0.15, -0.1) is 0 Å². The molecule has 0 aliphatic rings. The van der Waals surface area contributed by atoms with Gasteiger partial charge >= 0.3 is 6.09 Å². The fourth-order valence-corrected chi connectivity index (χ4v) is 2.44. The van der Waals surface area contributed by atoms with E-state index < -0.39 is 17.8 Å². The average Bonchev–Trinajstić information content (AvgIpc) is 2.68. The van der Waals surface area contributed by atoms with E-state index in [1.807, 2.05) is 20.8 Å². The summed E-state index contributed by atoms with van der Waals surface area (Å²) in [6.45, 7) is 7.77. The molecule has 33 heavy (non-hydrogen) atoms. The number of phenols is 1. The van der Waals surface area contributed by atoms with Crippen LogP contribution in [0.25, 0.3) is 0 Å². The molecule has 0 aliphatic heterocycles. The van der Waals surface area contributed by atoms with Crippen molar-refractivity contribution in [2.45, 2.75) is 99.2 Å². The number of Topliss-reactive ketones (excluding diaryl/α,β-unsaturated/α-hetero) is 1. The van der Waals surface area contributed by atoms with Crippen LogP contribution in [-0.2, 0) is 14.3 Å². The molecule has 1 atom stereocenters. The fraction of sp³-hybridized carbons (Fsp3) is 0.640. The van der Waals surface area contributed by atoms with Crippen LogP contribution in [0.1, 0.15) is 99.2 Å². The van der Waals surface area contributed by atoms with Gasteiger partial charge in [0, 0.05) is 19.4 Å². The van der Waals surface area contributed by atoms with E-state index in [0.29, 0.717) is 24.9 Å². The zero-order chi connectivity index (χ0) is 23.9. The quantitative estimate of drug-likeness (QED) is 0.248. The first-order valence-corrected chi connectivity index (χ1v) is 11.0. The summed E-state index contributed by atoms with van der Waals surface area (Å²) in [5, 5.41) is 21.7. The SMILES string of the molecule is C.C.CC(C)(C)OC(=O)NCCCCCCCC(=O)C(O)c1ccc(O)cc1.CCC(=O)Cl. The molecular formula is C25H44ClNO6. The van der Waals surface area contributed by atoms with Gasteiger partial charge in [-0.2, -0.15) is 0 Å². The number of ketones is 1. The highest BCUT2D eigenvalue weighted by molar-refractivity contribution is 6.63. The summed E-state index contributed by atoms with van der Waals surface area (Å²) >= 11 is 4.82. The minimum absolute atomic E-state index is 0. The number of aromatic hydroxyl groups is 1.